The lowest BCUT2D eigenvalue weighted by atomic mass is 9.79. The zero-order valence-electron chi connectivity index (χ0n) is 35.1. The minimum absolute atomic E-state index is 0.0120. The monoisotopic (exact) mass is 833 g/mol. The van der Waals surface area contributed by atoms with Crippen LogP contribution in [0.5, 0.6) is 0 Å². The third-order valence-corrected chi connectivity index (χ3v) is 12.1. The van der Waals surface area contributed by atoms with E-state index in [1.54, 1.807) is 4.90 Å². The van der Waals surface area contributed by atoms with E-state index >= 15 is 0 Å². The molecule has 18 nitrogen and oxygen atoms in total. The van der Waals surface area contributed by atoms with E-state index in [1.807, 2.05) is 13.8 Å². The number of carboxylic acids is 1. The summed E-state index contributed by atoms with van der Waals surface area (Å²) >= 11 is 0. The van der Waals surface area contributed by atoms with Crippen LogP contribution >= 0.6 is 0 Å². The summed E-state index contributed by atoms with van der Waals surface area (Å²) in [6.07, 6.45) is 6.27. The number of morpholine rings is 1. The average Bonchev–Trinajstić information content (AvgIpc) is 3.73. The van der Waals surface area contributed by atoms with E-state index in [9.17, 15) is 48.6 Å². The first kappa shape index (κ1) is 47.4. The zero-order chi connectivity index (χ0) is 43.1. The van der Waals surface area contributed by atoms with E-state index in [2.05, 4.69) is 21.3 Å². The second kappa shape index (κ2) is 23.5. The van der Waals surface area contributed by atoms with Crippen molar-refractivity contribution >= 4 is 47.3 Å². The quantitative estimate of drug-likeness (QED) is 0.104. The maximum atomic E-state index is 14.4. The molecule has 0 radical (unpaired) electrons. The molecule has 1 aliphatic carbocycles. The third kappa shape index (κ3) is 13.9. The van der Waals surface area contributed by atoms with Crippen molar-refractivity contribution in [3.63, 3.8) is 0 Å². The molecule has 4 rings (SSSR count). The fourth-order valence-corrected chi connectivity index (χ4v) is 8.74. The van der Waals surface area contributed by atoms with Crippen LogP contribution in [0.3, 0.4) is 0 Å². The van der Waals surface area contributed by atoms with Gasteiger partial charge < -0.3 is 50.9 Å². The van der Waals surface area contributed by atoms with Gasteiger partial charge in [-0.25, -0.2) is 0 Å². The van der Waals surface area contributed by atoms with Crippen molar-refractivity contribution in [2.45, 2.75) is 153 Å². The van der Waals surface area contributed by atoms with Crippen molar-refractivity contribution in [2.75, 3.05) is 45.9 Å². The second-order valence-electron chi connectivity index (χ2n) is 16.6. The number of aliphatic carboxylic acids is 1. The number of rotatable bonds is 19. The lowest BCUT2D eigenvalue weighted by Gasteiger charge is -2.38. The largest absolute Gasteiger partial charge is 0.481 e. The molecule has 3 heterocycles. The number of likely N-dealkylation sites (tertiary alicyclic amines) is 2. The van der Waals surface area contributed by atoms with Gasteiger partial charge in [0.15, 0.2) is 0 Å². The van der Waals surface area contributed by atoms with Gasteiger partial charge in [0, 0.05) is 45.6 Å². The highest BCUT2D eigenvalue weighted by molar-refractivity contribution is 5.98. The molecule has 0 unspecified atom stereocenters. The van der Waals surface area contributed by atoms with E-state index < -0.39 is 78.2 Å². The fraction of sp³-hybridized carbons (Fsp3) is 0.805. The number of ether oxygens (including phenoxy) is 1. The Hall–Kier alpha value is -4.32. The number of carbonyl (C=O) groups excluding carboxylic acids is 7. The van der Waals surface area contributed by atoms with Crippen LogP contribution in [-0.2, 0) is 43.1 Å². The van der Waals surface area contributed by atoms with Crippen molar-refractivity contribution in [1.29, 1.82) is 0 Å². The average molecular weight is 834 g/mol. The number of amides is 7. The normalized spacial score (nSPS) is 22.6. The van der Waals surface area contributed by atoms with Crippen molar-refractivity contribution in [1.82, 2.24) is 36.0 Å². The first-order chi connectivity index (χ1) is 28.2. The molecule has 1 saturated carbocycles. The van der Waals surface area contributed by atoms with Gasteiger partial charge in [-0.3, -0.25) is 38.4 Å². The van der Waals surface area contributed by atoms with Crippen LogP contribution in [0.2, 0.25) is 0 Å². The van der Waals surface area contributed by atoms with Gasteiger partial charge >= 0.3 is 5.97 Å². The number of hydrogen-bond donors (Lipinski definition) is 6. The minimum atomic E-state index is -1.59. The molecule has 7 amide bonds. The molecule has 59 heavy (non-hydrogen) atoms. The maximum absolute atomic E-state index is 14.4. The van der Waals surface area contributed by atoms with Gasteiger partial charge in [0.05, 0.1) is 25.7 Å². The minimum Gasteiger partial charge on any atom is -0.481 e. The number of nitrogens with zero attached hydrogens (tertiary/aromatic N) is 3. The molecule has 0 aromatic carbocycles. The van der Waals surface area contributed by atoms with Gasteiger partial charge in [-0.05, 0) is 63.7 Å². The molecule has 0 spiro atoms. The number of aliphatic hydroxyl groups is 1. The Morgan fingerprint density at radius 3 is 1.93 bits per heavy atom. The van der Waals surface area contributed by atoms with Crippen molar-refractivity contribution < 1.29 is 53.3 Å². The van der Waals surface area contributed by atoms with Gasteiger partial charge in [0.25, 0.3) is 0 Å². The highest BCUT2D eigenvalue weighted by Gasteiger charge is 2.42. The fourth-order valence-electron chi connectivity index (χ4n) is 8.74. The Morgan fingerprint density at radius 1 is 0.712 bits per heavy atom. The molecule has 0 aromatic heterocycles. The molecule has 0 bridgehead atoms. The van der Waals surface area contributed by atoms with Gasteiger partial charge in [-0.1, -0.05) is 46.0 Å². The number of piperidine rings is 1. The first-order valence-electron chi connectivity index (χ1n) is 21.8. The summed E-state index contributed by atoms with van der Waals surface area (Å²) in [4.78, 5) is 112. The van der Waals surface area contributed by atoms with Gasteiger partial charge in [-0.15, -0.1) is 0 Å². The predicted molar refractivity (Wildman–Crippen MR) is 214 cm³/mol. The van der Waals surface area contributed by atoms with E-state index in [4.69, 9.17) is 4.74 Å². The van der Waals surface area contributed by atoms with Crippen LogP contribution in [0.4, 0.5) is 0 Å². The van der Waals surface area contributed by atoms with Crippen LogP contribution in [0.25, 0.3) is 0 Å². The third-order valence-electron chi connectivity index (χ3n) is 12.1. The lowest BCUT2D eigenvalue weighted by Crippen LogP contribution is -2.61. The standard InChI is InChI=1S/C41H67N7O11/c1-4-17-42-39(56)36(27(3)49)45-38(55)32-14-10-19-48(32)41(58)30(25-35(52)53)44-37(54)31-13-8-9-18-47(31)40(57)29(15-16-34(51)46-20-22-59-23-21-46)43-33(50)24-26(2)28-11-6-5-7-12-28/h26-32,36,49H,4-25H2,1-3H3,(H,42,56)(H,43,50)(H,44,54)(H,45,55)(H,52,53)/t26-,27+,29-,30-,31-,32-,36-/m0/s1. The molecule has 18 heteroatoms. The Balaban J connectivity index is 1.48. The highest BCUT2D eigenvalue weighted by atomic mass is 16.5. The summed E-state index contributed by atoms with van der Waals surface area (Å²) in [6, 6.07) is -6.16. The van der Waals surface area contributed by atoms with E-state index in [-0.39, 0.29) is 62.9 Å². The molecular weight excluding hydrogens is 766 g/mol. The zero-order valence-corrected chi connectivity index (χ0v) is 35.1. The van der Waals surface area contributed by atoms with E-state index in [0.717, 1.165) is 25.7 Å². The number of carbonyl (C=O) groups is 8. The van der Waals surface area contributed by atoms with Gasteiger partial charge in [0.1, 0.15) is 30.2 Å². The summed E-state index contributed by atoms with van der Waals surface area (Å²) in [7, 11) is 0. The molecule has 7 atom stereocenters. The number of carboxylic acid groups (broad SMARTS) is 1. The SMILES string of the molecule is CCCNC(=O)[C@@H](NC(=O)[C@@H]1CCCN1C(=O)[C@H](CC(=O)O)NC(=O)[C@@H]1CCCCN1C(=O)[C@H](CCC(=O)N1CCOCC1)NC(=O)C[C@H](C)C1CCCCC1)[C@@H](C)O. The van der Waals surface area contributed by atoms with Crippen molar-refractivity contribution in [2.24, 2.45) is 11.8 Å². The number of aliphatic hydroxyl groups excluding tert-OH is 1. The van der Waals surface area contributed by atoms with Crippen LogP contribution < -0.4 is 21.3 Å². The summed E-state index contributed by atoms with van der Waals surface area (Å²) in [5.41, 5.74) is 0. The summed E-state index contributed by atoms with van der Waals surface area (Å²) in [6.45, 7) is 7.50. The molecular formula is C41H67N7O11. The second-order valence-corrected chi connectivity index (χ2v) is 16.6. The summed E-state index contributed by atoms with van der Waals surface area (Å²) < 4.78 is 5.37. The van der Waals surface area contributed by atoms with Crippen LogP contribution in [0.1, 0.15) is 117 Å². The maximum Gasteiger partial charge on any atom is 0.305 e. The Morgan fingerprint density at radius 2 is 1.31 bits per heavy atom. The summed E-state index contributed by atoms with van der Waals surface area (Å²) in [5.74, 6) is -4.74. The lowest BCUT2D eigenvalue weighted by molar-refractivity contribution is -0.149. The number of hydrogen-bond acceptors (Lipinski definition) is 10. The Kier molecular flexibility index (Phi) is 18.8. The molecule has 6 N–H and O–H groups in total. The van der Waals surface area contributed by atoms with Gasteiger partial charge in [-0.2, -0.15) is 0 Å². The number of nitrogens with one attached hydrogen (secondary N) is 4. The van der Waals surface area contributed by atoms with Crippen LogP contribution in [0.15, 0.2) is 0 Å². The van der Waals surface area contributed by atoms with E-state index in [1.165, 1.54) is 23.1 Å². The molecule has 3 aliphatic heterocycles. The van der Waals surface area contributed by atoms with Crippen LogP contribution in [0, 0.1) is 11.8 Å². The Labute approximate surface area is 347 Å². The molecule has 0 aromatic rings. The van der Waals surface area contributed by atoms with Crippen molar-refractivity contribution in [3.8, 4) is 0 Å². The highest BCUT2D eigenvalue weighted by Crippen LogP contribution is 2.31. The molecule has 4 aliphatic rings. The predicted octanol–water partition coefficient (Wildman–Crippen LogP) is 0.440. The van der Waals surface area contributed by atoms with Crippen LogP contribution in [-0.4, -0.2) is 154 Å². The van der Waals surface area contributed by atoms with E-state index in [0.29, 0.717) is 64.4 Å². The summed E-state index contributed by atoms with van der Waals surface area (Å²) in [5, 5.41) is 30.7. The van der Waals surface area contributed by atoms with Crippen molar-refractivity contribution in [3.05, 3.63) is 0 Å². The molecule has 3 saturated heterocycles. The molecule has 332 valence electrons. The first-order valence-corrected chi connectivity index (χ1v) is 21.8. The smallest absolute Gasteiger partial charge is 0.305 e. The topological polar surface area (TPSA) is 244 Å². The van der Waals surface area contributed by atoms with Gasteiger partial charge in [0.2, 0.25) is 41.4 Å². The molecule has 4 fully saturated rings. The Bertz CT molecular complexity index is 1480.